The lowest BCUT2D eigenvalue weighted by Gasteiger charge is -2.11. The fraction of sp³-hybridized carbons (Fsp3) is 0.0769. The van der Waals surface area contributed by atoms with Gasteiger partial charge in [-0.3, -0.25) is 9.59 Å². The van der Waals surface area contributed by atoms with Gasteiger partial charge in [-0.25, -0.2) is 0 Å². The van der Waals surface area contributed by atoms with Crippen LogP contribution in [-0.4, -0.2) is 5.11 Å². The molecule has 2 heterocycles. The van der Waals surface area contributed by atoms with Crippen molar-refractivity contribution in [3.63, 3.8) is 0 Å². The predicted molar refractivity (Wildman–Crippen MR) is 121 cm³/mol. The Labute approximate surface area is 201 Å². The van der Waals surface area contributed by atoms with E-state index in [-0.39, 0.29) is 33.4 Å². The highest BCUT2D eigenvalue weighted by Gasteiger charge is 2.32. The molecule has 0 radical (unpaired) electrons. The summed E-state index contributed by atoms with van der Waals surface area (Å²) in [6, 6.07) is 8.90. The highest BCUT2D eigenvalue weighted by Crippen LogP contribution is 2.36. The Hall–Kier alpha value is -4.54. The van der Waals surface area contributed by atoms with Crippen LogP contribution in [0.1, 0.15) is 11.1 Å². The van der Waals surface area contributed by atoms with Crippen molar-refractivity contribution in [2.75, 3.05) is 0 Å². The predicted octanol–water partition coefficient (Wildman–Crippen LogP) is 6.98. The minimum absolute atomic E-state index is 0.144. The van der Waals surface area contributed by atoms with Crippen molar-refractivity contribution < 1.29 is 40.3 Å². The molecule has 3 aromatic carbocycles. The van der Waals surface area contributed by atoms with Gasteiger partial charge in [-0.2, -0.15) is 26.3 Å². The Morgan fingerprint density at radius 2 is 1.03 bits per heavy atom. The van der Waals surface area contributed by atoms with Crippen molar-refractivity contribution in [2.24, 2.45) is 0 Å². The molecule has 2 aromatic heterocycles. The van der Waals surface area contributed by atoms with Crippen molar-refractivity contribution in [3.05, 3.63) is 98.7 Å². The van der Waals surface area contributed by atoms with Gasteiger partial charge >= 0.3 is 12.4 Å². The number of hydrogen-bond acceptors (Lipinski definition) is 5. The number of alkyl halides is 6. The zero-order valence-electron chi connectivity index (χ0n) is 18.2. The molecule has 0 unspecified atom stereocenters. The van der Waals surface area contributed by atoms with Gasteiger partial charge < -0.3 is 13.9 Å². The van der Waals surface area contributed by atoms with E-state index in [0.717, 1.165) is 55.0 Å². The maximum absolute atomic E-state index is 13.2. The van der Waals surface area contributed by atoms with E-state index in [1.165, 1.54) is 12.1 Å². The molecule has 5 aromatic rings. The number of halogens is 6. The summed E-state index contributed by atoms with van der Waals surface area (Å²) in [7, 11) is 0. The number of phenolic OH excluding ortho intramolecular Hbond substituents is 1. The molecule has 0 aliphatic rings. The maximum atomic E-state index is 13.2. The van der Waals surface area contributed by atoms with E-state index in [1.807, 2.05) is 0 Å². The maximum Gasteiger partial charge on any atom is 0.416 e. The van der Waals surface area contributed by atoms with Crippen molar-refractivity contribution in [3.8, 4) is 28.0 Å². The zero-order chi connectivity index (χ0) is 26.7. The second-order valence-electron chi connectivity index (χ2n) is 8.09. The molecular weight excluding hydrogens is 506 g/mol. The number of phenols is 1. The van der Waals surface area contributed by atoms with Gasteiger partial charge in [0.1, 0.15) is 40.2 Å². The van der Waals surface area contributed by atoms with Crippen LogP contribution >= 0.6 is 0 Å². The minimum Gasteiger partial charge on any atom is -0.506 e. The summed E-state index contributed by atoms with van der Waals surface area (Å²) in [5.41, 5.74) is -5.24. The molecule has 0 aliphatic carbocycles. The third-order valence-electron chi connectivity index (χ3n) is 5.78. The van der Waals surface area contributed by atoms with Gasteiger partial charge in [0.2, 0.25) is 10.9 Å². The second-order valence-corrected chi connectivity index (χ2v) is 8.09. The second kappa shape index (κ2) is 8.26. The Morgan fingerprint density at radius 3 is 1.41 bits per heavy atom. The largest absolute Gasteiger partial charge is 0.506 e. The first-order chi connectivity index (χ1) is 17.4. The van der Waals surface area contributed by atoms with E-state index in [4.69, 9.17) is 8.83 Å². The first-order valence-corrected chi connectivity index (χ1v) is 10.4. The summed E-state index contributed by atoms with van der Waals surface area (Å²) in [6.45, 7) is 0. The fourth-order valence-electron chi connectivity index (χ4n) is 3.99. The molecular formula is C26H12F6O5. The van der Waals surface area contributed by atoms with E-state index >= 15 is 0 Å². The van der Waals surface area contributed by atoms with Crippen molar-refractivity contribution in [1.82, 2.24) is 0 Å². The van der Waals surface area contributed by atoms with Crippen LogP contribution < -0.4 is 10.9 Å². The van der Waals surface area contributed by atoms with E-state index in [0.29, 0.717) is 0 Å². The van der Waals surface area contributed by atoms with Gasteiger partial charge in [0, 0.05) is 6.07 Å². The van der Waals surface area contributed by atoms with Crippen molar-refractivity contribution in [1.29, 1.82) is 0 Å². The average Bonchev–Trinajstić information content (AvgIpc) is 2.83. The molecule has 0 aliphatic heterocycles. The summed E-state index contributed by atoms with van der Waals surface area (Å²) < 4.78 is 89.6. The summed E-state index contributed by atoms with van der Waals surface area (Å²) in [5, 5.41) is 9.89. The molecule has 5 rings (SSSR count). The average molecular weight is 518 g/mol. The third kappa shape index (κ3) is 4.11. The summed E-state index contributed by atoms with van der Waals surface area (Å²) in [6.07, 6.45) is -7.52. The molecule has 0 saturated heterocycles. The monoisotopic (exact) mass is 518 g/mol. The normalized spacial score (nSPS) is 12.4. The van der Waals surface area contributed by atoms with E-state index in [1.54, 1.807) is 0 Å². The molecule has 0 fully saturated rings. The third-order valence-corrected chi connectivity index (χ3v) is 5.78. The van der Waals surface area contributed by atoms with Crippen LogP contribution in [-0.2, 0) is 12.4 Å². The molecule has 5 nitrogen and oxygen atoms in total. The van der Waals surface area contributed by atoms with Crippen molar-refractivity contribution in [2.45, 2.75) is 12.4 Å². The fourth-order valence-corrected chi connectivity index (χ4v) is 3.99. The molecule has 0 spiro atoms. The number of rotatable bonds is 2. The van der Waals surface area contributed by atoms with Crippen molar-refractivity contribution >= 4 is 21.9 Å². The van der Waals surface area contributed by atoms with Crippen LogP contribution in [0.25, 0.3) is 44.2 Å². The molecule has 11 heteroatoms. The molecule has 188 valence electrons. The standard InChI is InChI=1S/C26H12F6O5/c27-25(28,29)14-5-1-3-12(7-14)16-10-36-18-9-19-21(24(35)20(18)22(16)33)23(34)17(11-37-19)13-4-2-6-15(8-13)26(30,31)32/h1-11,35H. The Bertz CT molecular complexity index is 1680. The first-order valence-electron chi connectivity index (χ1n) is 10.4. The molecule has 0 atom stereocenters. The van der Waals surface area contributed by atoms with Crippen LogP contribution in [0.2, 0.25) is 0 Å². The van der Waals surface area contributed by atoms with Crippen LogP contribution in [0.5, 0.6) is 5.75 Å². The lowest BCUT2D eigenvalue weighted by Crippen LogP contribution is -2.10. The highest BCUT2D eigenvalue weighted by atomic mass is 19.4. The summed E-state index contributed by atoms with van der Waals surface area (Å²) in [4.78, 5) is 26.4. The van der Waals surface area contributed by atoms with Gasteiger partial charge in [0.15, 0.2) is 0 Å². The van der Waals surface area contributed by atoms with Gasteiger partial charge in [-0.05, 0) is 35.4 Å². The minimum atomic E-state index is -4.68. The number of hydrogen-bond donors (Lipinski definition) is 1. The Kier molecular flexibility index (Phi) is 5.39. The summed E-state index contributed by atoms with van der Waals surface area (Å²) >= 11 is 0. The smallest absolute Gasteiger partial charge is 0.416 e. The van der Waals surface area contributed by atoms with Gasteiger partial charge in [0.25, 0.3) is 0 Å². The topological polar surface area (TPSA) is 80.7 Å². The Balaban J connectivity index is 1.75. The molecule has 1 N–H and O–H groups in total. The van der Waals surface area contributed by atoms with E-state index < -0.39 is 50.9 Å². The Morgan fingerprint density at radius 1 is 0.622 bits per heavy atom. The molecule has 37 heavy (non-hydrogen) atoms. The van der Waals surface area contributed by atoms with E-state index in [9.17, 15) is 41.0 Å². The van der Waals surface area contributed by atoms with Crippen LogP contribution in [0.3, 0.4) is 0 Å². The highest BCUT2D eigenvalue weighted by molar-refractivity contribution is 6.02. The SMILES string of the molecule is O=c1c(-c2cccc(C(F)(F)F)c2)coc2cc3occ(-c4cccc(C(F)(F)F)c4)c(=O)c3c(O)c12. The van der Waals surface area contributed by atoms with Gasteiger partial charge in [-0.15, -0.1) is 0 Å². The quantitative estimate of drug-likeness (QED) is 0.202. The number of fused-ring (bicyclic) bond motifs is 2. The number of aromatic hydroxyl groups is 1. The molecule has 0 amide bonds. The first kappa shape index (κ1) is 24.2. The number of benzene rings is 3. The lowest BCUT2D eigenvalue weighted by molar-refractivity contribution is -0.138. The summed E-state index contributed by atoms with van der Waals surface area (Å²) in [5.74, 6) is -0.877. The van der Waals surface area contributed by atoms with Crippen LogP contribution in [0.15, 0.2) is 85.5 Å². The van der Waals surface area contributed by atoms with Gasteiger partial charge in [-0.1, -0.05) is 24.3 Å². The van der Waals surface area contributed by atoms with Crippen LogP contribution in [0.4, 0.5) is 26.3 Å². The van der Waals surface area contributed by atoms with Gasteiger partial charge in [0.05, 0.1) is 22.3 Å². The zero-order valence-corrected chi connectivity index (χ0v) is 18.2. The van der Waals surface area contributed by atoms with E-state index in [2.05, 4.69) is 0 Å². The lowest BCUT2D eigenvalue weighted by atomic mass is 10.00. The molecule has 0 saturated carbocycles. The molecule has 0 bridgehead atoms. The van der Waals surface area contributed by atoms with Crippen LogP contribution in [0, 0.1) is 0 Å².